The van der Waals surface area contributed by atoms with Crippen LogP contribution in [0.5, 0.6) is 0 Å². The lowest BCUT2D eigenvalue weighted by molar-refractivity contribution is -0.142. The predicted octanol–water partition coefficient (Wildman–Crippen LogP) is 0.00990. The number of thioether (sulfide) groups is 1. The molecule has 3 amide bonds. The van der Waals surface area contributed by atoms with Crippen molar-refractivity contribution in [3.8, 4) is 0 Å². The normalized spacial score (nSPS) is 42.9. The zero-order chi connectivity index (χ0) is 23.1. The smallest absolute Gasteiger partial charge is 0.245 e. The molecule has 9 unspecified atom stereocenters. The average molecular weight is 480 g/mol. The van der Waals surface area contributed by atoms with E-state index in [4.69, 9.17) is 4.74 Å². The van der Waals surface area contributed by atoms with Crippen molar-refractivity contribution in [3.63, 3.8) is 0 Å². The molecule has 4 saturated heterocycles. The summed E-state index contributed by atoms with van der Waals surface area (Å²) in [5, 5.41) is 13.2. The molecule has 0 aromatic rings. The van der Waals surface area contributed by atoms with E-state index in [0.717, 1.165) is 19.3 Å². The second-order valence-electron chi connectivity index (χ2n) is 10.4. The van der Waals surface area contributed by atoms with Gasteiger partial charge in [0.15, 0.2) is 0 Å². The van der Waals surface area contributed by atoms with Crippen molar-refractivity contribution in [1.29, 1.82) is 0 Å². The number of fused-ring (bicyclic) bond motifs is 1. The van der Waals surface area contributed by atoms with Gasteiger partial charge in [-0.3, -0.25) is 19.7 Å². The van der Waals surface area contributed by atoms with Gasteiger partial charge in [-0.15, -0.1) is 11.8 Å². The summed E-state index contributed by atoms with van der Waals surface area (Å²) in [7, 11) is 1.81. The van der Waals surface area contributed by atoms with Gasteiger partial charge in [-0.1, -0.05) is 12.8 Å². The van der Waals surface area contributed by atoms with Crippen LogP contribution in [-0.2, 0) is 19.1 Å². The monoisotopic (exact) mass is 479 g/mol. The average Bonchev–Trinajstić information content (AvgIpc) is 3.35. The molecule has 5 aliphatic rings. The third-order valence-corrected chi connectivity index (χ3v) is 9.68. The Morgan fingerprint density at radius 3 is 2.70 bits per heavy atom. The fourth-order valence-electron chi connectivity index (χ4n) is 6.50. The number of nitrogens with zero attached hydrogens (tertiary/aromatic N) is 1. The molecule has 1 aliphatic carbocycles. The van der Waals surface area contributed by atoms with Gasteiger partial charge < -0.3 is 25.6 Å². The molecule has 9 atom stereocenters. The number of carbonyl (C=O) groups is 3. The molecular formula is C23H37N5O4S. The van der Waals surface area contributed by atoms with Crippen LogP contribution < -0.4 is 21.3 Å². The van der Waals surface area contributed by atoms with Gasteiger partial charge in [-0.2, -0.15) is 0 Å². The van der Waals surface area contributed by atoms with Gasteiger partial charge in [0, 0.05) is 44.1 Å². The van der Waals surface area contributed by atoms with Gasteiger partial charge in [0.05, 0.1) is 18.4 Å². The highest BCUT2D eigenvalue weighted by atomic mass is 32.2. The van der Waals surface area contributed by atoms with E-state index in [2.05, 4.69) is 28.2 Å². The number of amides is 3. The molecule has 10 heteroatoms. The number of rotatable bonds is 5. The molecule has 33 heavy (non-hydrogen) atoms. The van der Waals surface area contributed by atoms with E-state index in [0.29, 0.717) is 43.9 Å². The first kappa shape index (κ1) is 23.4. The van der Waals surface area contributed by atoms with Crippen molar-refractivity contribution in [2.24, 2.45) is 17.8 Å². The second kappa shape index (κ2) is 9.71. The van der Waals surface area contributed by atoms with Crippen molar-refractivity contribution in [3.05, 3.63) is 0 Å². The van der Waals surface area contributed by atoms with E-state index in [1.165, 1.54) is 12.8 Å². The minimum atomic E-state index is -0.356. The van der Waals surface area contributed by atoms with Crippen LogP contribution in [-0.4, -0.2) is 84.3 Å². The van der Waals surface area contributed by atoms with Crippen LogP contribution in [0, 0.1) is 17.8 Å². The maximum absolute atomic E-state index is 13.4. The molecule has 0 aromatic heterocycles. The first-order valence-electron chi connectivity index (χ1n) is 12.5. The topological polar surface area (TPSA) is 112 Å². The number of carbonyl (C=O) groups excluding carboxylic acids is 3. The Balaban J connectivity index is 1.16. The fourth-order valence-corrected chi connectivity index (χ4v) is 7.91. The SMILES string of the molecule is COC1CCCCC1C1CC(C)NCC1C(=O)NC1NC2CN(C(=O)C3CC(=O)N3)CC2S1. The van der Waals surface area contributed by atoms with Gasteiger partial charge in [0.2, 0.25) is 17.7 Å². The highest BCUT2D eigenvalue weighted by Crippen LogP contribution is 2.40. The molecule has 9 nitrogen and oxygen atoms in total. The van der Waals surface area contributed by atoms with Crippen LogP contribution >= 0.6 is 11.8 Å². The quantitative estimate of drug-likeness (QED) is 0.411. The van der Waals surface area contributed by atoms with Crippen molar-refractivity contribution >= 4 is 29.5 Å². The van der Waals surface area contributed by atoms with Gasteiger partial charge >= 0.3 is 0 Å². The van der Waals surface area contributed by atoms with Gasteiger partial charge in [-0.05, 0) is 38.0 Å². The summed E-state index contributed by atoms with van der Waals surface area (Å²) in [6.07, 6.45) is 6.23. The summed E-state index contributed by atoms with van der Waals surface area (Å²) < 4.78 is 5.84. The van der Waals surface area contributed by atoms with Crippen molar-refractivity contribution < 1.29 is 19.1 Å². The van der Waals surface area contributed by atoms with Gasteiger partial charge in [-0.25, -0.2) is 0 Å². The lowest BCUT2D eigenvalue weighted by Crippen LogP contribution is -2.58. The van der Waals surface area contributed by atoms with Crippen molar-refractivity contribution in [1.82, 2.24) is 26.2 Å². The number of hydrogen-bond acceptors (Lipinski definition) is 7. The molecule has 4 heterocycles. The zero-order valence-electron chi connectivity index (χ0n) is 19.5. The van der Waals surface area contributed by atoms with Crippen LogP contribution in [0.4, 0.5) is 0 Å². The molecule has 184 valence electrons. The van der Waals surface area contributed by atoms with E-state index in [1.807, 2.05) is 12.0 Å². The van der Waals surface area contributed by atoms with E-state index in [9.17, 15) is 14.4 Å². The standard InChI is InChI=1S/C23H37N5O4S/c1-12-7-14(13-5-3-4-6-18(13)32-2)15(9-24-12)21(30)27-23-26-17-10-28(11-19(17)33-23)22(31)16-8-20(29)25-16/h12-19,23-24,26H,3-11H2,1-2H3,(H,25,29)(H,27,30). The third kappa shape index (κ3) is 4.76. The molecule has 0 aromatic carbocycles. The second-order valence-corrected chi connectivity index (χ2v) is 11.8. The fraction of sp³-hybridized carbons (Fsp3) is 0.870. The van der Waals surface area contributed by atoms with Crippen LogP contribution in [0.3, 0.4) is 0 Å². The number of ether oxygens (including phenoxy) is 1. The van der Waals surface area contributed by atoms with Gasteiger partial charge in [0.1, 0.15) is 11.5 Å². The summed E-state index contributed by atoms with van der Waals surface area (Å²) in [5.41, 5.74) is -0.127. The number of hydrogen-bond donors (Lipinski definition) is 4. The largest absolute Gasteiger partial charge is 0.381 e. The lowest BCUT2D eigenvalue weighted by Gasteiger charge is -2.44. The molecule has 5 rings (SSSR count). The Labute approximate surface area is 199 Å². The van der Waals surface area contributed by atoms with Crippen LogP contribution in [0.25, 0.3) is 0 Å². The Kier molecular flexibility index (Phi) is 6.88. The maximum atomic E-state index is 13.4. The number of β-lactam (4-membered cyclic amide) rings is 1. The Morgan fingerprint density at radius 2 is 1.97 bits per heavy atom. The molecule has 4 N–H and O–H groups in total. The maximum Gasteiger partial charge on any atom is 0.245 e. The summed E-state index contributed by atoms with van der Waals surface area (Å²) in [4.78, 5) is 38.9. The highest BCUT2D eigenvalue weighted by Gasteiger charge is 2.47. The molecule has 0 spiro atoms. The molecule has 0 radical (unpaired) electrons. The van der Waals surface area contributed by atoms with E-state index >= 15 is 0 Å². The summed E-state index contributed by atoms with van der Waals surface area (Å²) in [6, 6.07) is 0.225. The molecule has 0 bridgehead atoms. The molecule has 1 saturated carbocycles. The lowest BCUT2D eigenvalue weighted by atomic mass is 9.68. The Hall–Kier alpha value is -1.36. The Bertz CT molecular complexity index is 762. The van der Waals surface area contributed by atoms with Crippen molar-refractivity contribution in [2.75, 3.05) is 26.7 Å². The highest BCUT2D eigenvalue weighted by molar-refractivity contribution is 8.00. The van der Waals surface area contributed by atoms with Gasteiger partial charge in [0.25, 0.3) is 0 Å². The zero-order valence-corrected chi connectivity index (χ0v) is 20.4. The first-order chi connectivity index (χ1) is 15.9. The minimum Gasteiger partial charge on any atom is -0.381 e. The number of piperidine rings is 1. The van der Waals surface area contributed by atoms with Crippen LogP contribution in [0.1, 0.15) is 45.4 Å². The van der Waals surface area contributed by atoms with Crippen molar-refractivity contribution in [2.45, 2.75) is 80.4 Å². The summed E-state index contributed by atoms with van der Waals surface area (Å²) >= 11 is 1.71. The molecular weight excluding hydrogens is 442 g/mol. The van der Waals surface area contributed by atoms with E-state index in [-0.39, 0.29) is 52.6 Å². The molecule has 4 aliphatic heterocycles. The van der Waals surface area contributed by atoms with Crippen LogP contribution in [0.2, 0.25) is 0 Å². The van der Waals surface area contributed by atoms with Crippen LogP contribution in [0.15, 0.2) is 0 Å². The number of nitrogens with one attached hydrogen (secondary N) is 4. The minimum absolute atomic E-state index is 0.0115. The van der Waals surface area contributed by atoms with E-state index in [1.54, 1.807) is 11.8 Å². The number of methoxy groups -OCH3 is 1. The predicted molar refractivity (Wildman–Crippen MR) is 125 cm³/mol. The summed E-state index contributed by atoms with van der Waals surface area (Å²) in [6.45, 7) is 4.20. The third-order valence-electron chi connectivity index (χ3n) is 8.32. The molecule has 5 fully saturated rings. The number of likely N-dealkylation sites (tertiary alicyclic amines) is 1. The summed E-state index contributed by atoms with van der Waals surface area (Å²) in [5.74, 6) is 0.803. The Morgan fingerprint density at radius 1 is 1.18 bits per heavy atom. The van der Waals surface area contributed by atoms with E-state index < -0.39 is 0 Å². The first-order valence-corrected chi connectivity index (χ1v) is 13.4.